The molecule has 0 atom stereocenters. The summed E-state index contributed by atoms with van der Waals surface area (Å²) in [6.45, 7) is 2.35. The van der Waals surface area contributed by atoms with E-state index in [0.717, 1.165) is 0 Å². The summed E-state index contributed by atoms with van der Waals surface area (Å²) >= 11 is 18.0. The molecule has 1 aromatic carbocycles. The summed E-state index contributed by atoms with van der Waals surface area (Å²) in [5, 5.41) is 4.38. The van der Waals surface area contributed by atoms with Gasteiger partial charge in [0.1, 0.15) is 0 Å². The molecule has 3 nitrogen and oxygen atoms in total. The third-order valence-electron chi connectivity index (χ3n) is 2.43. The highest BCUT2D eigenvalue weighted by Gasteiger charge is 2.14. The van der Waals surface area contributed by atoms with Crippen LogP contribution in [0.2, 0.25) is 15.1 Å². The normalized spacial score (nSPS) is 10.7. The first-order valence-electron chi connectivity index (χ1n) is 5.26. The average molecular weight is 304 g/mol. The van der Waals surface area contributed by atoms with Crippen LogP contribution in [0.15, 0.2) is 18.3 Å². The van der Waals surface area contributed by atoms with Gasteiger partial charge < -0.3 is 5.32 Å². The standard InChI is InChI=1S/C12H9Cl3N2O/c1-2-16-12(18)7-5-17-10-4-9(14)8(13)3-6(10)11(7)15/h3-5H,2H2,1H3,(H,16,18). The van der Waals surface area contributed by atoms with Crippen LogP contribution in [0.5, 0.6) is 0 Å². The minimum atomic E-state index is -0.261. The Morgan fingerprint density at radius 3 is 2.61 bits per heavy atom. The number of pyridine rings is 1. The molecule has 1 heterocycles. The molecular formula is C12H9Cl3N2O. The number of halogens is 3. The van der Waals surface area contributed by atoms with Gasteiger partial charge in [-0.1, -0.05) is 34.8 Å². The lowest BCUT2D eigenvalue weighted by atomic mass is 10.1. The molecule has 1 amide bonds. The maximum atomic E-state index is 11.8. The second-order valence-corrected chi connectivity index (χ2v) is 4.82. The van der Waals surface area contributed by atoms with E-state index in [0.29, 0.717) is 38.1 Å². The fraction of sp³-hybridized carbons (Fsp3) is 0.167. The molecule has 0 saturated heterocycles. The number of amides is 1. The molecule has 0 aliphatic heterocycles. The van der Waals surface area contributed by atoms with Crippen LogP contribution in [0, 0.1) is 0 Å². The highest BCUT2D eigenvalue weighted by atomic mass is 35.5. The summed E-state index contributed by atoms with van der Waals surface area (Å²) in [6, 6.07) is 3.23. The van der Waals surface area contributed by atoms with Gasteiger partial charge in [0.25, 0.3) is 5.91 Å². The zero-order valence-corrected chi connectivity index (χ0v) is 11.7. The van der Waals surface area contributed by atoms with E-state index in [1.165, 1.54) is 6.20 Å². The molecule has 0 radical (unpaired) electrons. The summed E-state index contributed by atoms with van der Waals surface area (Å²) in [7, 11) is 0. The lowest BCUT2D eigenvalue weighted by molar-refractivity contribution is 0.0956. The Balaban J connectivity index is 2.63. The summed E-state index contributed by atoms with van der Waals surface area (Å²) in [5.41, 5.74) is 0.923. The van der Waals surface area contributed by atoms with Gasteiger partial charge >= 0.3 is 0 Å². The predicted molar refractivity (Wildman–Crippen MR) is 74.8 cm³/mol. The predicted octanol–water partition coefficient (Wildman–Crippen LogP) is 3.94. The summed E-state index contributed by atoms with van der Waals surface area (Å²) in [5.74, 6) is -0.261. The number of benzene rings is 1. The van der Waals surface area contributed by atoms with Gasteiger partial charge in [0, 0.05) is 18.1 Å². The van der Waals surface area contributed by atoms with E-state index in [9.17, 15) is 4.79 Å². The average Bonchev–Trinajstić information content (AvgIpc) is 2.32. The van der Waals surface area contributed by atoms with Gasteiger partial charge in [0.05, 0.1) is 26.1 Å². The van der Waals surface area contributed by atoms with Gasteiger partial charge in [-0.2, -0.15) is 0 Å². The van der Waals surface area contributed by atoms with E-state index in [2.05, 4.69) is 10.3 Å². The number of carbonyl (C=O) groups excluding carboxylic acids is 1. The monoisotopic (exact) mass is 302 g/mol. The largest absolute Gasteiger partial charge is 0.352 e. The number of nitrogens with zero attached hydrogens (tertiary/aromatic N) is 1. The van der Waals surface area contributed by atoms with Crippen molar-refractivity contribution in [3.63, 3.8) is 0 Å². The molecule has 6 heteroatoms. The van der Waals surface area contributed by atoms with Crippen molar-refractivity contribution < 1.29 is 4.79 Å². The third-order valence-corrected chi connectivity index (χ3v) is 3.56. The molecule has 0 spiro atoms. The maximum Gasteiger partial charge on any atom is 0.254 e. The van der Waals surface area contributed by atoms with Gasteiger partial charge in [0.15, 0.2) is 0 Å². The van der Waals surface area contributed by atoms with Crippen molar-refractivity contribution in [1.82, 2.24) is 10.3 Å². The number of carbonyl (C=O) groups is 1. The Hall–Kier alpha value is -1.03. The number of hydrogen-bond acceptors (Lipinski definition) is 2. The number of hydrogen-bond donors (Lipinski definition) is 1. The fourth-order valence-corrected chi connectivity index (χ4v) is 2.18. The molecular weight excluding hydrogens is 295 g/mol. The smallest absolute Gasteiger partial charge is 0.254 e. The first-order valence-corrected chi connectivity index (χ1v) is 6.39. The van der Waals surface area contributed by atoms with Gasteiger partial charge in [-0.05, 0) is 19.1 Å². The van der Waals surface area contributed by atoms with E-state index in [1.54, 1.807) is 12.1 Å². The van der Waals surface area contributed by atoms with Crippen LogP contribution in [0.3, 0.4) is 0 Å². The van der Waals surface area contributed by atoms with Crippen molar-refractivity contribution >= 4 is 51.6 Å². The van der Waals surface area contributed by atoms with Crippen LogP contribution in [-0.4, -0.2) is 17.4 Å². The van der Waals surface area contributed by atoms with Gasteiger partial charge in [-0.15, -0.1) is 0 Å². The molecule has 0 fully saturated rings. The van der Waals surface area contributed by atoms with Crippen LogP contribution in [0.25, 0.3) is 10.9 Å². The number of fused-ring (bicyclic) bond motifs is 1. The lowest BCUT2D eigenvalue weighted by Gasteiger charge is -2.08. The molecule has 0 unspecified atom stereocenters. The van der Waals surface area contributed by atoms with Crippen molar-refractivity contribution in [2.45, 2.75) is 6.92 Å². The van der Waals surface area contributed by atoms with Crippen LogP contribution in [0.4, 0.5) is 0 Å². The number of aromatic nitrogens is 1. The van der Waals surface area contributed by atoms with E-state index in [1.807, 2.05) is 6.92 Å². The van der Waals surface area contributed by atoms with Crippen molar-refractivity contribution in [3.8, 4) is 0 Å². The maximum absolute atomic E-state index is 11.8. The van der Waals surface area contributed by atoms with Crippen molar-refractivity contribution in [2.75, 3.05) is 6.54 Å². The topological polar surface area (TPSA) is 42.0 Å². The van der Waals surface area contributed by atoms with E-state index >= 15 is 0 Å². The van der Waals surface area contributed by atoms with Gasteiger partial charge in [-0.3, -0.25) is 9.78 Å². The van der Waals surface area contributed by atoms with E-state index in [-0.39, 0.29) is 5.91 Å². The number of nitrogens with one attached hydrogen (secondary N) is 1. The first kappa shape index (κ1) is 13.4. The SMILES string of the molecule is CCNC(=O)c1cnc2cc(Cl)c(Cl)cc2c1Cl. The summed E-state index contributed by atoms with van der Waals surface area (Å²) < 4.78 is 0. The highest BCUT2D eigenvalue weighted by molar-refractivity contribution is 6.44. The minimum absolute atomic E-state index is 0.261. The van der Waals surface area contributed by atoms with Crippen molar-refractivity contribution in [1.29, 1.82) is 0 Å². The molecule has 2 rings (SSSR count). The molecule has 0 bridgehead atoms. The van der Waals surface area contributed by atoms with Crippen LogP contribution in [0.1, 0.15) is 17.3 Å². The Kier molecular flexibility index (Phi) is 3.95. The molecule has 2 aromatic rings. The Labute approximate surface area is 119 Å². The summed E-state index contributed by atoms with van der Waals surface area (Å²) in [6.07, 6.45) is 1.43. The Bertz CT molecular complexity index is 628. The zero-order chi connectivity index (χ0) is 13.3. The van der Waals surface area contributed by atoms with E-state index in [4.69, 9.17) is 34.8 Å². The van der Waals surface area contributed by atoms with Crippen LogP contribution in [-0.2, 0) is 0 Å². The minimum Gasteiger partial charge on any atom is -0.352 e. The highest BCUT2D eigenvalue weighted by Crippen LogP contribution is 2.32. The zero-order valence-electron chi connectivity index (χ0n) is 9.43. The molecule has 0 aliphatic rings. The van der Waals surface area contributed by atoms with Gasteiger partial charge in [-0.25, -0.2) is 0 Å². The first-order chi connectivity index (χ1) is 8.54. The van der Waals surface area contributed by atoms with Crippen molar-refractivity contribution in [3.05, 3.63) is 39.0 Å². The molecule has 18 heavy (non-hydrogen) atoms. The number of rotatable bonds is 2. The molecule has 1 aromatic heterocycles. The molecule has 94 valence electrons. The second kappa shape index (κ2) is 5.31. The van der Waals surface area contributed by atoms with Crippen molar-refractivity contribution in [2.24, 2.45) is 0 Å². The third kappa shape index (κ3) is 2.39. The Morgan fingerprint density at radius 1 is 1.28 bits per heavy atom. The second-order valence-electron chi connectivity index (χ2n) is 3.63. The fourth-order valence-electron chi connectivity index (χ4n) is 1.57. The quantitative estimate of drug-likeness (QED) is 0.913. The van der Waals surface area contributed by atoms with E-state index < -0.39 is 0 Å². The molecule has 0 saturated carbocycles. The van der Waals surface area contributed by atoms with Crippen LogP contribution >= 0.6 is 34.8 Å². The van der Waals surface area contributed by atoms with Crippen LogP contribution < -0.4 is 5.32 Å². The summed E-state index contributed by atoms with van der Waals surface area (Å²) in [4.78, 5) is 15.9. The molecule has 1 N–H and O–H groups in total. The molecule has 0 aliphatic carbocycles. The Morgan fingerprint density at radius 2 is 1.94 bits per heavy atom. The van der Waals surface area contributed by atoms with Gasteiger partial charge in [0.2, 0.25) is 0 Å². The lowest BCUT2D eigenvalue weighted by Crippen LogP contribution is -2.23.